The Hall–Kier alpha value is -0.820. The van der Waals surface area contributed by atoms with Gasteiger partial charge in [-0.15, -0.1) is 0 Å². The summed E-state index contributed by atoms with van der Waals surface area (Å²) in [5.41, 5.74) is 7.91. The van der Waals surface area contributed by atoms with Gasteiger partial charge in [0.25, 0.3) is 0 Å². The van der Waals surface area contributed by atoms with Gasteiger partial charge in [-0.2, -0.15) is 0 Å². The van der Waals surface area contributed by atoms with Crippen molar-refractivity contribution in [2.75, 3.05) is 0 Å². The van der Waals surface area contributed by atoms with Crippen LogP contribution in [-0.2, 0) is 5.41 Å². The number of nitrogens with two attached hydrogens (primary N) is 1. The van der Waals surface area contributed by atoms with E-state index < -0.39 is 0 Å². The van der Waals surface area contributed by atoms with Crippen molar-refractivity contribution in [3.8, 4) is 0 Å². The summed E-state index contributed by atoms with van der Waals surface area (Å²) in [5, 5.41) is 0. The molecule has 0 bridgehead atoms. The minimum Gasteiger partial charge on any atom is -0.327 e. The minimum absolute atomic E-state index is 0.205. The Balaban J connectivity index is 2.01. The second-order valence-corrected chi connectivity index (χ2v) is 5.81. The molecule has 0 saturated heterocycles. The van der Waals surface area contributed by atoms with Crippen molar-refractivity contribution in [3.05, 3.63) is 35.9 Å². The third kappa shape index (κ3) is 2.46. The fourth-order valence-electron chi connectivity index (χ4n) is 2.63. The lowest BCUT2D eigenvalue weighted by Crippen LogP contribution is -2.39. The highest BCUT2D eigenvalue weighted by Crippen LogP contribution is 2.35. The predicted octanol–water partition coefficient (Wildman–Crippen LogP) is 3.48. The largest absolute Gasteiger partial charge is 0.327 e. The highest BCUT2D eigenvalue weighted by molar-refractivity contribution is 5.23. The average molecular weight is 217 g/mol. The van der Waals surface area contributed by atoms with E-state index in [0.29, 0.717) is 6.04 Å². The summed E-state index contributed by atoms with van der Waals surface area (Å²) in [6.07, 6.45) is 5.16. The van der Waals surface area contributed by atoms with Crippen LogP contribution in [0.15, 0.2) is 30.3 Å². The lowest BCUT2D eigenvalue weighted by Gasteiger charge is -2.36. The maximum absolute atomic E-state index is 6.30. The number of benzene rings is 1. The van der Waals surface area contributed by atoms with Crippen molar-refractivity contribution in [3.63, 3.8) is 0 Å². The molecule has 1 atom stereocenters. The molecule has 1 nitrogen and oxygen atoms in total. The summed E-state index contributed by atoms with van der Waals surface area (Å²) >= 11 is 0. The highest BCUT2D eigenvalue weighted by Gasteiger charge is 2.30. The smallest absolute Gasteiger partial charge is 0.00754 e. The molecule has 16 heavy (non-hydrogen) atoms. The lowest BCUT2D eigenvalue weighted by atomic mass is 9.71. The molecule has 88 valence electrons. The van der Waals surface area contributed by atoms with Gasteiger partial charge in [0.15, 0.2) is 0 Å². The zero-order valence-corrected chi connectivity index (χ0v) is 10.4. The van der Waals surface area contributed by atoms with E-state index in [1.807, 2.05) is 0 Å². The third-order valence-electron chi connectivity index (χ3n) is 4.06. The van der Waals surface area contributed by atoms with Crippen LogP contribution in [0.3, 0.4) is 0 Å². The van der Waals surface area contributed by atoms with Gasteiger partial charge in [0.1, 0.15) is 0 Å². The van der Waals surface area contributed by atoms with Crippen molar-refractivity contribution in [1.82, 2.24) is 0 Å². The van der Waals surface area contributed by atoms with Crippen LogP contribution >= 0.6 is 0 Å². The molecule has 1 fully saturated rings. The summed E-state index contributed by atoms with van der Waals surface area (Å²) in [4.78, 5) is 0. The van der Waals surface area contributed by atoms with E-state index in [1.54, 1.807) is 0 Å². The molecule has 2 N–H and O–H groups in total. The Morgan fingerprint density at radius 3 is 2.38 bits per heavy atom. The van der Waals surface area contributed by atoms with Crippen LogP contribution in [0, 0.1) is 5.92 Å². The van der Waals surface area contributed by atoms with Gasteiger partial charge in [0, 0.05) is 6.04 Å². The zero-order chi connectivity index (χ0) is 11.6. The van der Waals surface area contributed by atoms with Gasteiger partial charge < -0.3 is 5.73 Å². The second kappa shape index (κ2) is 4.58. The molecule has 1 aliphatic carbocycles. The first-order chi connectivity index (χ1) is 7.59. The fraction of sp³-hybridized carbons (Fsp3) is 0.600. The Bertz CT molecular complexity index is 325. The number of hydrogen-bond donors (Lipinski definition) is 1. The third-order valence-corrected chi connectivity index (χ3v) is 4.06. The predicted molar refractivity (Wildman–Crippen MR) is 69.4 cm³/mol. The zero-order valence-electron chi connectivity index (χ0n) is 10.4. The molecule has 1 saturated carbocycles. The van der Waals surface area contributed by atoms with Gasteiger partial charge >= 0.3 is 0 Å². The van der Waals surface area contributed by atoms with E-state index in [0.717, 1.165) is 12.3 Å². The van der Waals surface area contributed by atoms with Gasteiger partial charge in [0.2, 0.25) is 0 Å². The van der Waals surface area contributed by atoms with Crippen LogP contribution < -0.4 is 5.73 Å². The first-order valence-corrected chi connectivity index (χ1v) is 6.41. The summed E-state index contributed by atoms with van der Waals surface area (Å²) in [5.74, 6) is 0.781. The quantitative estimate of drug-likeness (QED) is 0.821. The normalized spacial score (nSPS) is 19.2. The molecule has 0 spiro atoms. The molecular formula is C15H23N. The fourth-order valence-corrected chi connectivity index (χ4v) is 2.63. The minimum atomic E-state index is 0.205. The molecule has 2 rings (SSSR count). The van der Waals surface area contributed by atoms with Crippen molar-refractivity contribution < 1.29 is 0 Å². The van der Waals surface area contributed by atoms with E-state index in [2.05, 4.69) is 44.2 Å². The first kappa shape index (κ1) is 11.7. The highest BCUT2D eigenvalue weighted by atomic mass is 14.7. The molecule has 1 heteroatoms. The Labute approximate surface area is 99.0 Å². The number of rotatable bonds is 4. The molecule has 0 aromatic heterocycles. The average Bonchev–Trinajstić information content (AvgIpc) is 2.15. The van der Waals surface area contributed by atoms with E-state index in [-0.39, 0.29) is 5.41 Å². The molecule has 0 radical (unpaired) electrons. The van der Waals surface area contributed by atoms with Crippen LogP contribution in [0.2, 0.25) is 0 Å². The van der Waals surface area contributed by atoms with Crippen molar-refractivity contribution >= 4 is 0 Å². The van der Waals surface area contributed by atoms with Crippen LogP contribution in [-0.4, -0.2) is 6.04 Å². The first-order valence-electron chi connectivity index (χ1n) is 6.41. The second-order valence-electron chi connectivity index (χ2n) is 5.81. The van der Waals surface area contributed by atoms with Crippen LogP contribution in [0.5, 0.6) is 0 Å². The summed E-state index contributed by atoms with van der Waals surface area (Å²) in [6, 6.07) is 11.1. The topological polar surface area (TPSA) is 26.0 Å². The van der Waals surface area contributed by atoms with Gasteiger partial charge in [-0.25, -0.2) is 0 Å². The van der Waals surface area contributed by atoms with Crippen LogP contribution in [0.25, 0.3) is 0 Å². The van der Waals surface area contributed by atoms with Gasteiger partial charge in [-0.05, 0) is 36.2 Å². The maximum Gasteiger partial charge on any atom is 0.00754 e. The monoisotopic (exact) mass is 217 g/mol. The van der Waals surface area contributed by atoms with Gasteiger partial charge in [-0.3, -0.25) is 0 Å². The Morgan fingerprint density at radius 1 is 1.25 bits per heavy atom. The van der Waals surface area contributed by atoms with E-state index in [4.69, 9.17) is 5.73 Å². The van der Waals surface area contributed by atoms with Crippen molar-refractivity contribution in [2.24, 2.45) is 11.7 Å². The van der Waals surface area contributed by atoms with E-state index in [9.17, 15) is 0 Å². The van der Waals surface area contributed by atoms with Crippen LogP contribution in [0.1, 0.15) is 45.1 Å². The molecular weight excluding hydrogens is 194 g/mol. The summed E-state index contributed by atoms with van der Waals surface area (Å²) in [7, 11) is 0. The SMILES string of the molecule is CC(C)(CC(N)C1CCC1)c1ccccc1. The molecule has 0 aliphatic heterocycles. The lowest BCUT2D eigenvalue weighted by molar-refractivity contribution is 0.228. The Kier molecular flexibility index (Phi) is 3.34. The number of hydrogen-bond acceptors (Lipinski definition) is 1. The summed E-state index contributed by atoms with van der Waals surface area (Å²) < 4.78 is 0. The standard InChI is InChI=1S/C15H23N/c1-15(2,13-9-4-3-5-10-13)11-14(16)12-7-6-8-12/h3-5,9-10,12,14H,6-8,11,16H2,1-2H3. The van der Waals surface area contributed by atoms with E-state index in [1.165, 1.54) is 24.8 Å². The van der Waals surface area contributed by atoms with Gasteiger partial charge in [-0.1, -0.05) is 50.6 Å². The maximum atomic E-state index is 6.30. The molecule has 1 unspecified atom stereocenters. The Morgan fingerprint density at radius 2 is 1.88 bits per heavy atom. The molecule has 0 heterocycles. The van der Waals surface area contributed by atoms with Gasteiger partial charge in [0.05, 0.1) is 0 Å². The van der Waals surface area contributed by atoms with Crippen molar-refractivity contribution in [2.45, 2.75) is 51.0 Å². The van der Waals surface area contributed by atoms with Crippen molar-refractivity contribution in [1.29, 1.82) is 0 Å². The molecule has 0 amide bonds. The van der Waals surface area contributed by atoms with E-state index >= 15 is 0 Å². The summed E-state index contributed by atoms with van der Waals surface area (Å²) in [6.45, 7) is 4.61. The molecule has 1 aromatic rings. The molecule has 1 aromatic carbocycles. The van der Waals surface area contributed by atoms with Crippen LogP contribution in [0.4, 0.5) is 0 Å². The molecule has 1 aliphatic rings.